The Hall–Kier alpha value is -0.670. The molecular formula is C32H53N5. The zero-order valence-corrected chi connectivity index (χ0v) is 23.6. The van der Waals surface area contributed by atoms with Crippen LogP contribution >= 0.6 is 0 Å². The van der Waals surface area contributed by atoms with Crippen molar-refractivity contribution in [3.63, 3.8) is 0 Å². The van der Waals surface area contributed by atoms with E-state index in [0.717, 1.165) is 66.1 Å². The summed E-state index contributed by atoms with van der Waals surface area (Å²) in [5, 5.41) is 17.8. The zero-order chi connectivity index (χ0) is 25.1. The molecule has 0 aromatic heterocycles. The summed E-state index contributed by atoms with van der Waals surface area (Å²) in [6, 6.07) is 6.24. The highest BCUT2D eigenvalue weighted by molar-refractivity contribution is 5.09. The topological polar surface area (TPSA) is 71.9 Å². The number of fused-ring (bicyclic) bond motifs is 6. The smallest absolute Gasteiger partial charge is 0.0686 e. The summed E-state index contributed by atoms with van der Waals surface area (Å²) < 4.78 is 0. The second kappa shape index (κ2) is 10.1. The van der Waals surface area contributed by atoms with Crippen LogP contribution in [0.2, 0.25) is 0 Å². The van der Waals surface area contributed by atoms with Crippen molar-refractivity contribution in [3.05, 3.63) is 0 Å². The predicted octanol–water partition coefficient (Wildman–Crippen LogP) is 5.14. The molecule has 5 nitrogen and oxygen atoms in total. The van der Waals surface area contributed by atoms with Gasteiger partial charge in [-0.1, -0.05) is 12.8 Å². The second-order valence-corrected chi connectivity index (χ2v) is 15.3. The van der Waals surface area contributed by atoms with E-state index in [0.29, 0.717) is 18.0 Å². The molecular weight excluding hydrogens is 454 g/mol. The summed E-state index contributed by atoms with van der Waals surface area (Å²) in [5.74, 6) is 6.85. The van der Waals surface area contributed by atoms with Crippen LogP contribution in [0.4, 0.5) is 0 Å². The van der Waals surface area contributed by atoms with E-state index in [2.05, 4.69) is 41.4 Å². The maximum Gasteiger partial charge on any atom is 0.0686 e. The van der Waals surface area contributed by atoms with Crippen molar-refractivity contribution in [1.82, 2.24) is 21.5 Å². The molecule has 3 aliphatic heterocycles. The van der Waals surface area contributed by atoms with Gasteiger partial charge < -0.3 is 10.6 Å². The van der Waals surface area contributed by atoms with Crippen molar-refractivity contribution in [2.24, 2.45) is 52.8 Å². The standard InChI is InChI=1S/C32H53N5/c1-32(2,18-33)22-11-7-19(8-12-22)31-30-25-15-20(10-14-26(25)34-17-29(30)36-37-31)21-9-13-24-23-5-3-4-6-27(23)35-28(24)16-21/h19-31,34-37H,3-17H2,1-2H3. The molecule has 4 aliphatic carbocycles. The highest BCUT2D eigenvalue weighted by Gasteiger charge is 2.53. The van der Waals surface area contributed by atoms with Gasteiger partial charge in [0.1, 0.15) is 0 Å². The Kier molecular flexibility index (Phi) is 6.88. The summed E-state index contributed by atoms with van der Waals surface area (Å²) in [6.07, 6.45) is 19.8. The SMILES string of the molecule is CC(C)(C#N)C1CCC(C2NNC3CNC4CCC(C5CCC6C(C5)NC5CCCCC56)CC4C32)CC1. The van der Waals surface area contributed by atoms with Gasteiger partial charge >= 0.3 is 0 Å². The zero-order valence-electron chi connectivity index (χ0n) is 23.6. The molecule has 11 atom stereocenters. The first kappa shape index (κ1) is 25.3. The van der Waals surface area contributed by atoms with Crippen LogP contribution in [0.1, 0.15) is 104 Å². The van der Waals surface area contributed by atoms with Crippen LogP contribution in [0.3, 0.4) is 0 Å². The van der Waals surface area contributed by atoms with E-state index in [1.807, 2.05) is 0 Å². The molecule has 0 spiro atoms. The van der Waals surface area contributed by atoms with Crippen LogP contribution in [0.5, 0.6) is 0 Å². The molecule has 0 amide bonds. The molecule has 7 aliphatic rings. The molecule has 4 N–H and O–H groups in total. The number of nitriles is 1. The Morgan fingerprint density at radius 1 is 0.649 bits per heavy atom. The fourth-order valence-electron chi connectivity index (χ4n) is 11.3. The van der Waals surface area contributed by atoms with Crippen molar-refractivity contribution in [2.75, 3.05) is 6.54 Å². The first-order valence-electron chi connectivity index (χ1n) is 16.4. The lowest BCUT2D eigenvalue weighted by molar-refractivity contribution is 0.0375. The van der Waals surface area contributed by atoms with Gasteiger partial charge in [-0.25, -0.2) is 0 Å². The fraction of sp³-hybridized carbons (Fsp3) is 0.969. The van der Waals surface area contributed by atoms with Crippen LogP contribution in [-0.2, 0) is 0 Å². The Morgan fingerprint density at radius 3 is 2.22 bits per heavy atom. The molecule has 3 heterocycles. The Bertz CT molecular complexity index is 858. The van der Waals surface area contributed by atoms with Gasteiger partial charge in [0, 0.05) is 36.8 Å². The minimum Gasteiger partial charge on any atom is -0.312 e. The highest BCUT2D eigenvalue weighted by atomic mass is 15.4. The summed E-state index contributed by atoms with van der Waals surface area (Å²) in [4.78, 5) is 0. The molecule has 0 bridgehead atoms. The first-order chi connectivity index (χ1) is 18.0. The maximum absolute atomic E-state index is 9.66. The minimum atomic E-state index is -0.170. The van der Waals surface area contributed by atoms with E-state index in [1.165, 1.54) is 89.9 Å². The normalized spacial score (nSPS) is 51.9. The first-order valence-corrected chi connectivity index (χ1v) is 16.4. The quantitative estimate of drug-likeness (QED) is 0.426. The van der Waals surface area contributed by atoms with Gasteiger partial charge in [-0.3, -0.25) is 10.9 Å². The van der Waals surface area contributed by atoms with Gasteiger partial charge in [0.25, 0.3) is 0 Å². The van der Waals surface area contributed by atoms with Crippen LogP contribution in [-0.4, -0.2) is 36.8 Å². The van der Waals surface area contributed by atoms with Gasteiger partial charge in [0.2, 0.25) is 0 Å². The third kappa shape index (κ3) is 4.51. The molecule has 0 aromatic carbocycles. The van der Waals surface area contributed by atoms with E-state index in [1.54, 1.807) is 0 Å². The molecule has 7 fully saturated rings. The third-order valence-corrected chi connectivity index (χ3v) is 13.3. The number of hydrazine groups is 1. The number of nitrogens with one attached hydrogen (secondary N) is 4. The number of hydrogen-bond donors (Lipinski definition) is 4. The largest absolute Gasteiger partial charge is 0.312 e. The third-order valence-electron chi connectivity index (χ3n) is 13.3. The molecule has 3 saturated heterocycles. The number of nitrogens with zero attached hydrogens (tertiary/aromatic N) is 1. The molecule has 37 heavy (non-hydrogen) atoms. The van der Waals surface area contributed by atoms with E-state index in [9.17, 15) is 5.26 Å². The minimum absolute atomic E-state index is 0.170. The predicted molar refractivity (Wildman–Crippen MR) is 148 cm³/mol. The van der Waals surface area contributed by atoms with Crippen molar-refractivity contribution in [2.45, 2.75) is 134 Å². The van der Waals surface area contributed by atoms with Crippen LogP contribution in [0.15, 0.2) is 0 Å². The second-order valence-electron chi connectivity index (χ2n) is 15.3. The van der Waals surface area contributed by atoms with Crippen LogP contribution in [0.25, 0.3) is 0 Å². The molecule has 7 rings (SSSR count). The van der Waals surface area contributed by atoms with Crippen molar-refractivity contribution in [1.29, 1.82) is 5.26 Å². The summed E-state index contributed by atoms with van der Waals surface area (Å²) in [7, 11) is 0. The number of rotatable bonds is 3. The summed E-state index contributed by atoms with van der Waals surface area (Å²) >= 11 is 0. The molecule has 206 valence electrons. The van der Waals surface area contributed by atoms with Crippen molar-refractivity contribution < 1.29 is 0 Å². The van der Waals surface area contributed by atoms with Crippen LogP contribution in [0, 0.1) is 64.1 Å². The summed E-state index contributed by atoms with van der Waals surface area (Å²) in [6.45, 7) is 5.45. The van der Waals surface area contributed by atoms with Gasteiger partial charge in [-0.05, 0) is 138 Å². The van der Waals surface area contributed by atoms with E-state index >= 15 is 0 Å². The average Bonchev–Trinajstić information content (AvgIpc) is 3.54. The summed E-state index contributed by atoms with van der Waals surface area (Å²) in [5.41, 5.74) is 7.46. The molecule has 11 unspecified atom stereocenters. The Morgan fingerprint density at radius 2 is 1.38 bits per heavy atom. The lowest BCUT2D eigenvalue weighted by Gasteiger charge is -2.50. The van der Waals surface area contributed by atoms with E-state index in [4.69, 9.17) is 0 Å². The lowest BCUT2D eigenvalue weighted by atomic mass is 9.59. The Labute approximate surface area is 226 Å². The van der Waals surface area contributed by atoms with Crippen molar-refractivity contribution >= 4 is 0 Å². The average molecular weight is 508 g/mol. The maximum atomic E-state index is 9.66. The molecule has 5 heteroatoms. The lowest BCUT2D eigenvalue weighted by Crippen LogP contribution is -2.58. The van der Waals surface area contributed by atoms with Gasteiger partial charge in [-0.15, -0.1) is 0 Å². The highest BCUT2D eigenvalue weighted by Crippen LogP contribution is 2.52. The van der Waals surface area contributed by atoms with Crippen molar-refractivity contribution in [3.8, 4) is 6.07 Å². The van der Waals surface area contributed by atoms with E-state index < -0.39 is 0 Å². The van der Waals surface area contributed by atoms with Gasteiger partial charge in [0.15, 0.2) is 0 Å². The van der Waals surface area contributed by atoms with Gasteiger partial charge in [-0.2, -0.15) is 5.26 Å². The Balaban J connectivity index is 1.01. The monoisotopic (exact) mass is 507 g/mol. The molecule has 0 radical (unpaired) electrons. The fourth-order valence-corrected chi connectivity index (χ4v) is 11.3. The molecule has 4 saturated carbocycles. The van der Waals surface area contributed by atoms with Crippen LogP contribution < -0.4 is 21.5 Å². The number of piperidine rings is 1. The van der Waals surface area contributed by atoms with Gasteiger partial charge in [0.05, 0.1) is 11.5 Å². The number of hydrogen-bond acceptors (Lipinski definition) is 5. The van der Waals surface area contributed by atoms with E-state index in [-0.39, 0.29) is 5.41 Å². The molecule has 0 aromatic rings.